The Kier molecular flexibility index (Phi) is 3.87. The highest BCUT2D eigenvalue weighted by Crippen LogP contribution is 2.23. The predicted molar refractivity (Wildman–Crippen MR) is 69.9 cm³/mol. The molecule has 0 amide bonds. The molecule has 1 aliphatic heterocycles. The van der Waals surface area contributed by atoms with Gasteiger partial charge in [-0.15, -0.1) is 11.3 Å². The van der Waals surface area contributed by atoms with Gasteiger partial charge in [0, 0.05) is 15.9 Å². The van der Waals surface area contributed by atoms with E-state index in [0.29, 0.717) is 5.71 Å². The van der Waals surface area contributed by atoms with Gasteiger partial charge in [-0.25, -0.2) is 4.79 Å². The molecule has 0 radical (unpaired) electrons. The van der Waals surface area contributed by atoms with E-state index >= 15 is 0 Å². The van der Waals surface area contributed by atoms with Gasteiger partial charge in [0.15, 0.2) is 5.70 Å². The second-order valence-corrected chi connectivity index (χ2v) is 5.72. The fraction of sp³-hybridized carbons (Fsp3) is 0.111. The van der Waals surface area contributed by atoms with Gasteiger partial charge in [-0.2, -0.15) is 4.72 Å². The number of allylic oxidation sites excluding steroid dienone is 1. The van der Waals surface area contributed by atoms with Gasteiger partial charge in [0.25, 0.3) is 0 Å². The molecule has 5 nitrogen and oxygen atoms in total. The van der Waals surface area contributed by atoms with Crippen LogP contribution in [-0.4, -0.2) is 23.3 Å². The first-order valence-electron chi connectivity index (χ1n) is 4.42. The summed E-state index contributed by atoms with van der Waals surface area (Å²) in [7, 11) is 1.26. The average molecular weight is 335 g/mol. The zero-order valence-corrected chi connectivity index (χ0v) is 11.8. The van der Waals surface area contributed by atoms with E-state index in [0.717, 1.165) is 9.35 Å². The van der Waals surface area contributed by atoms with Crippen molar-refractivity contribution in [2.75, 3.05) is 7.11 Å². The van der Waals surface area contributed by atoms with E-state index in [1.807, 2.05) is 11.4 Å². The SMILES string of the molecule is COC(=O)C1=CC(c2cc(Br)cs2)=N[S+]([O-])N1. The number of carbonyl (C=O) groups is 1. The van der Waals surface area contributed by atoms with Gasteiger partial charge in [0.05, 0.1) is 12.0 Å². The van der Waals surface area contributed by atoms with Crippen LogP contribution in [0.2, 0.25) is 0 Å². The zero-order valence-electron chi connectivity index (χ0n) is 8.60. The van der Waals surface area contributed by atoms with E-state index < -0.39 is 17.5 Å². The normalized spacial score (nSPS) is 19.1. The molecule has 1 aromatic rings. The second kappa shape index (κ2) is 5.21. The third-order valence-electron chi connectivity index (χ3n) is 1.88. The lowest BCUT2D eigenvalue weighted by Gasteiger charge is -2.13. The number of hydrogen-bond acceptors (Lipinski definition) is 6. The molecule has 0 bridgehead atoms. The Balaban J connectivity index is 2.33. The van der Waals surface area contributed by atoms with E-state index in [-0.39, 0.29) is 5.70 Å². The first-order chi connectivity index (χ1) is 8.10. The van der Waals surface area contributed by atoms with E-state index in [4.69, 9.17) is 0 Å². The van der Waals surface area contributed by atoms with E-state index in [9.17, 15) is 9.35 Å². The molecule has 1 atom stereocenters. The number of rotatable bonds is 2. The van der Waals surface area contributed by atoms with Crippen molar-refractivity contribution in [1.82, 2.24) is 4.72 Å². The van der Waals surface area contributed by atoms with Crippen molar-refractivity contribution >= 4 is 50.5 Å². The van der Waals surface area contributed by atoms with Crippen molar-refractivity contribution in [3.8, 4) is 0 Å². The summed E-state index contributed by atoms with van der Waals surface area (Å²) in [5, 5.41) is 1.88. The molecule has 1 aromatic heterocycles. The minimum atomic E-state index is -1.65. The van der Waals surface area contributed by atoms with Gasteiger partial charge in [0.2, 0.25) is 11.5 Å². The van der Waals surface area contributed by atoms with Gasteiger partial charge in [0.1, 0.15) is 5.71 Å². The summed E-state index contributed by atoms with van der Waals surface area (Å²) in [5.41, 5.74) is 0.638. The van der Waals surface area contributed by atoms with E-state index in [1.165, 1.54) is 24.5 Å². The number of nitrogens with zero attached hydrogens (tertiary/aromatic N) is 1. The number of methoxy groups -OCH3 is 1. The molecule has 90 valence electrons. The molecule has 0 saturated heterocycles. The van der Waals surface area contributed by atoms with Gasteiger partial charge in [-0.1, -0.05) is 0 Å². The number of nitrogens with one attached hydrogen (secondary N) is 1. The molecular formula is C9H7BrN2O3S2. The van der Waals surface area contributed by atoms with E-state index in [2.05, 4.69) is 29.8 Å². The molecule has 0 spiro atoms. The standard InChI is InChI=1S/C9H7BrN2O3S2/c1-15-9(13)7-3-6(11-17(14)12-7)8-2-5(10)4-16-8/h2-4,12H,1H3. The molecule has 0 aromatic carbocycles. The van der Waals surface area contributed by atoms with E-state index in [1.54, 1.807) is 0 Å². The smallest absolute Gasteiger partial charge is 0.358 e. The molecule has 0 fully saturated rings. The van der Waals surface area contributed by atoms with Crippen LogP contribution in [0.4, 0.5) is 0 Å². The fourth-order valence-electron chi connectivity index (χ4n) is 1.17. The maximum Gasteiger partial charge on any atom is 0.358 e. The molecular weight excluding hydrogens is 328 g/mol. The van der Waals surface area contributed by atoms with Crippen LogP contribution in [-0.2, 0) is 21.1 Å². The Morgan fingerprint density at radius 2 is 2.47 bits per heavy atom. The van der Waals surface area contributed by atoms with Gasteiger partial charge < -0.3 is 9.29 Å². The largest absolute Gasteiger partial charge is 0.567 e. The molecule has 1 unspecified atom stereocenters. The first kappa shape index (κ1) is 12.6. The van der Waals surface area contributed by atoms with Crippen LogP contribution in [0.5, 0.6) is 0 Å². The van der Waals surface area contributed by atoms with Crippen molar-refractivity contribution in [3.05, 3.63) is 32.6 Å². The molecule has 2 heterocycles. The Morgan fingerprint density at radius 3 is 3.06 bits per heavy atom. The summed E-state index contributed by atoms with van der Waals surface area (Å²) in [6.07, 6.45) is 1.52. The lowest BCUT2D eigenvalue weighted by molar-refractivity contribution is -0.136. The predicted octanol–water partition coefficient (Wildman–Crippen LogP) is 1.54. The Morgan fingerprint density at radius 1 is 1.71 bits per heavy atom. The lowest BCUT2D eigenvalue weighted by Crippen LogP contribution is -2.31. The molecule has 17 heavy (non-hydrogen) atoms. The highest BCUT2D eigenvalue weighted by molar-refractivity contribution is 9.10. The molecule has 0 saturated carbocycles. The topological polar surface area (TPSA) is 73.8 Å². The maximum atomic E-state index is 11.4. The fourth-order valence-corrected chi connectivity index (χ4v) is 3.33. The van der Waals surface area contributed by atoms with Crippen LogP contribution in [0.15, 0.2) is 32.1 Å². The highest BCUT2D eigenvalue weighted by atomic mass is 79.9. The number of hydrogen-bond donors (Lipinski definition) is 1. The average Bonchev–Trinajstić information content (AvgIpc) is 2.74. The summed E-state index contributed by atoms with van der Waals surface area (Å²) >= 11 is 3.11. The van der Waals surface area contributed by atoms with Crippen LogP contribution in [0.1, 0.15) is 4.88 Å². The number of ether oxygens (including phenoxy) is 1. The summed E-state index contributed by atoms with van der Waals surface area (Å²) < 4.78 is 23.3. The number of halogens is 1. The van der Waals surface area contributed by atoms with Crippen LogP contribution in [0.3, 0.4) is 0 Å². The monoisotopic (exact) mass is 334 g/mol. The third kappa shape index (κ3) is 2.89. The molecule has 0 aliphatic carbocycles. The van der Waals surface area contributed by atoms with Crippen molar-refractivity contribution in [2.24, 2.45) is 4.40 Å². The summed E-state index contributed by atoms with van der Waals surface area (Å²) in [6, 6.07) is 1.84. The quantitative estimate of drug-likeness (QED) is 0.657. The van der Waals surface area contributed by atoms with Crippen molar-refractivity contribution < 1.29 is 14.1 Å². The molecule has 8 heteroatoms. The van der Waals surface area contributed by atoms with Crippen molar-refractivity contribution in [3.63, 3.8) is 0 Å². The van der Waals surface area contributed by atoms with Crippen molar-refractivity contribution in [1.29, 1.82) is 0 Å². The summed E-state index contributed by atoms with van der Waals surface area (Å²) in [6.45, 7) is 0. The van der Waals surface area contributed by atoms with Gasteiger partial charge in [-0.3, -0.25) is 0 Å². The van der Waals surface area contributed by atoms with Crippen LogP contribution < -0.4 is 4.72 Å². The van der Waals surface area contributed by atoms with Crippen LogP contribution >= 0.6 is 27.3 Å². The van der Waals surface area contributed by atoms with Gasteiger partial charge in [-0.05, 0) is 26.4 Å². The van der Waals surface area contributed by atoms with Crippen LogP contribution in [0.25, 0.3) is 0 Å². The minimum absolute atomic E-state index is 0.139. The number of esters is 1. The number of thiophene rings is 1. The number of carbonyl (C=O) groups excluding carboxylic acids is 1. The van der Waals surface area contributed by atoms with Crippen molar-refractivity contribution in [2.45, 2.75) is 0 Å². The molecule has 1 N–H and O–H groups in total. The van der Waals surface area contributed by atoms with Crippen LogP contribution in [0, 0.1) is 0 Å². The third-order valence-corrected chi connectivity index (χ3v) is 4.36. The summed E-state index contributed by atoms with van der Waals surface area (Å²) in [5.74, 6) is -0.568. The second-order valence-electron chi connectivity index (χ2n) is 3.01. The maximum absolute atomic E-state index is 11.4. The minimum Gasteiger partial charge on any atom is -0.567 e. The Labute approximate surface area is 113 Å². The Hall–Kier alpha value is -0.830. The molecule has 2 rings (SSSR count). The lowest BCUT2D eigenvalue weighted by atomic mass is 10.2. The molecule has 1 aliphatic rings. The first-order valence-corrected chi connectivity index (χ1v) is 7.20. The summed E-state index contributed by atoms with van der Waals surface area (Å²) in [4.78, 5) is 12.2. The van der Waals surface area contributed by atoms with Gasteiger partial charge >= 0.3 is 5.97 Å². The highest BCUT2D eigenvalue weighted by Gasteiger charge is 2.24. The zero-order chi connectivity index (χ0) is 12.4. The Bertz CT molecular complexity index is 512.